The van der Waals surface area contributed by atoms with Gasteiger partial charge in [-0.2, -0.15) is 0 Å². The second-order valence-corrected chi connectivity index (χ2v) is 6.10. The number of hydrogen-bond acceptors (Lipinski definition) is 5. The molecule has 0 saturated carbocycles. The van der Waals surface area contributed by atoms with Gasteiger partial charge >= 0.3 is 0 Å². The molecule has 128 valence electrons. The molecule has 0 amide bonds. The summed E-state index contributed by atoms with van der Waals surface area (Å²) in [5.74, 6) is 0.648. The van der Waals surface area contributed by atoms with Crippen molar-refractivity contribution < 1.29 is 9.47 Å². The molecule has 0 aliphatic heterocycles. The first-order valence-electron chi connectivity index (χ1n) is 7.39. The highest BCUT2D eigenvalue weighted by atomic mass is 79.9. The Morgan fingerprint density at radius 2 is 2.24 bits per heavy atom. The van der Waals surface area contributed by atoms with Crippen molar-refractivity contribution in [2.24, 2.45) is 10.7 Å². The Labute approximate surface area is 152 Å². The summed E-state index contributed by atoms with van der Waals surface area (Å²) in [6.07, 6.45) is 3.33. The first kappa shape index (κ1) is 17.0. The van der Waals surface area contributed by atoms with Crippen LogP contribution in [-0.4, -0.2) is 29.0 Å². The lowest BCUT2D eigenvalue weighted by molar-refractivity contribution is 0.414. The smallest absolute Gasteiger partial charge is 0.289 e. The number of pyridine rings is 1. The number of ether oxygens (including phenoxy) is 2. The minimum Gasteiger partial charge on any atom is -0.497 e. The van der Waals surface area contributed by atoms with Crippen LogP contribution in [0.25, 0.3) is 11.0 Å². The lowest BCUT2D eigenvalue weighted by Crippen LogP contribution is -2.21. The van der Waals surface area contributed by atoms with Crippen LogP contribution in [0.1, 0.15) is 11.1 Å². The molecule has 4 N–H and O–H groups in total. The molecule has 2 heterocycles. The molecule has 0 spiro atoms. The van der Waals surface area contributed by atoms with Crippen molar-refractivity contribution >= 4 is 38.9 Å². The molecule has 2 aromatic heterocycles. The molecule has 1 aromatic carbocycles. The number of methoxy groups -OCH3 is 1. The van der Waals surface area contributed by atoms with Gasteiger partial charge in [0.1, 0.15) is 11.4 Å². The molecule has 0 bridgehead atoms. The highest BCUT2D eigenvalue weighted by molar-refractivity contribution is 9.10. The molecule has 7 nitrogen and oxygen atoms in total. The van der Waals surface area contributed by atoms with Gasteiger partial charge in [0, 0.05) is 22.3 Å². The van der Waals surface area contributed by atoms with Gasteiger partial charge in [0.05, 0.1) is 19.2 Å². The van der Waals surface area contributed by atoms with E-state index < -0.39 is 0 Å². The normalized spacial score (nSPS) is 11.5. The Morgan fingerprint density at radius 1 is 1.40 bits per heavy atom. The fraction of sp³-hybridized carbons (Fsp3) is 0.118. The highest BCUT2D eigenvalue weighted by Crippen LogP contribution is 2.21. The summed E-state index contributed by atoms with van der Waals surface area (Å²) in [4.78, 5) is 11.4. The number of nitrogens with two attached hydrogens (primary N) is 1. The van der Waals surface area contributed by atoms with Crippen LogP contribution in [0.5, 0.6) is 5.75 Å². The van der Waals surface area contributed by atoms with E-state index in [1.54, 1.807) is 19.5 Å². The van der Waals surface area contributed by atoms with Crippen LogP contribution in [0.15, 0.2) is 52.2 Å². The summed E-state index contributed by atoms with van der Waals surface area (Å²) >= 11 is 3.37. The average Bonchev–Trinajstić information content (AvgIpc) is 3.03. The molecule has 0 atom stereocenters. The predicted molar refractivity (Wildman–Crippen MR) is 100 cm³/mol. The van der Waals surface area contributed by atoms with Crippen LogP contribution < -0.4 is 10.5 Å². The van der Waals surface area contributed by atoms with Crippen molar-refractivity contribution in [3.8, 4) is 5.75 Å². The van der Waals surface area contributed by atoms with E-state index in [0.29, 0.717) is 17.8 Å². The van der Waals surface area contributed by atoms with Crippen LogP contribution in [0, 0.1) is 5.41 Å². The SMILES string of the molecule is COc1cccc(CN=C(N)OC(=N)c2c[nH]c3ncc(Br)cc23)c1. The molecular weight excluding hydrogens is 386 g/mol. The number of rotatable bonds is 4. The Morgan fingerprint density at radius 3 is 3.04 bits per heavy atom. The van der Waals surface area contributed by atoms with E-state index >= 15 is 0 Å². The lowest BCUT2D eigenvalue weighted by Gasteiger charge is -2.06. The van der Waals surface area contributed by atoms with Crippen molar-refractivity contribution in [2.75, 3.05) is 7.11 Å². The highest BCUT2D eigenvalue weighted by Gasteiger charge is 2.12. The second-order valence-electron chi connectivity index (χ2n) is 5.19. The van der Waals surface area contributed by atoms with E-state index in [9.17, 15) is 0 Å². The largest absolute Gasteiger partial charge is 0.497 e. The van der Waals surface area contributed by atoms with E-state index in [-0.39, 0.29) is 11.9 Å². The van der Waals surface area contributed by atoms with Crippen molar-refractivity contribution in [3.05, 3.63) is 58.3 Å². The summed E-state index contributed by atoms with van der Waals surface area (Å²) in [7, 11) is 1.61. The average molecular weight is 402 g/mol. The predicted octanol–water partition coefficient (Wildman–Crippen LogP) is 3.19. The van der Waals surface area contributed by atoms with E-state index in [4.69, 9.17) is 20.6 Å². The second kappa shape index (κ2) is 7.35. The number of aromatic nitrogens is 2. The third-order valence-corrected chi connectivity index (χ3v) is 3.93. The van der Waals surface area contributed by atoms with Crippen LogP contribution in [-0.2, 0) is 11.3 Å². The maximum Gasteiger partial charge on any atom is 0.289 e. The summed E-state index contributed by atoms with van der Waals surface area (Å²) in [6.45, 7) is 0.331. The minimum atomic E-state index is -0.0990. The van der Waals surface area contributed by atoms with Gasteiger partial charge in [0.25, 0.3) is 6.02 Å². The molecule has 0 aliphatic rings. The Balaban J connectivity index is 1.71. The maximum atomic E-state index is 8.11. The van der Waals surface area contributed by atoms with Gasteiger partial charge in [0.15, 0.2) is 0 Å². The van der Waals surface area contributed by atoms with Gasteiger partial charge < -0.3 is 20.2 Å². The number of aliphatic imine (C=N–C) groups is 1. The van der Waals surface area contributed by atoms with Gasteiger partial charge in [0.2, 0.25) is 5.90 Å². The van der Waals surface area contributed by atoms with E-state index in [2.05, 4.69) is 30.9 Å². The molecule has 3 rings (SSSR count). The van der Waals surface area contributed by atoms with Crippen LogP contribution in [0.2, 0.25) is 0 Å². The van der Waals surface area contributed by atoms with Crippen LogP contribution >= 0.6 is 15.9 Å². The number of hydrogen-bond donors (Lipinski definition) is 3. The van der Waals surface area contributed by atoms with Crippen LogP contribution in [0.4, 0.5) is 0 Å². The first-order valence-corrected chi connectivity index (χ1v) is 8.18. The zero-order valence-corrected chi connectivity index (χ0v) is 15.0. The zero-order valence-electron chi connectivity index (χ0n) is 13.4. The molecule has 8 heteroatoms. The van der Waals surface area contributed by atoms with Gasteiger partial charge in [-0.3, -0.25) is 5.41 Å². The Bertz CT molecular complexity index is 951. The number of nitrogens with one attached hydrogen (secondary N) is 2. The zero-order chi connectivity index (χ0) is 17.8. The molecule has 0 radical (unpaired) electrons. The van der Waals surface area contributed by atoms with E-state index in [0.717, 1.165) is 21.2 Å². The molecule has 0 fully saturated rings. The molecule has 0 saturated heterocycles. The van der Waals surface area contributed by atoms with Crippen molar-refractivity contribution in [2.45, 2.75) is 6.54 Å². The monoisotopic (exact) mass is 401 g/mol. The quantitative estimate of drug-likeness (QED) is 0.460. The molecule has 0 aliphatic carbocycles. The lowest BCUT2D eigenvalue weighted by atomic mass is 10.2. The molecule has 3 aromatic rings. The third-order valence-electron chi connectivity index (χ3n) is 3.50. The number of nitrogens with zero attached hydrogens (tertiary/aromatic N) is 2. The summed E-state index contributed by atoms with van der Waals surface area (Å²) in [6, 6.07) is 9.28. The number of halogens is 1. The first-order chi connectivity index (χ1) is 12.1. The minimum absolute atomic E-state index is 0.0786. The number of aromatic amines is 1. The van der Waals surface area contributed by atoms with Crippen molar-refractivity contribution in [1.82, 2.24) is 9.97 Å². The number of H-pyrrole nitrogens is 1. The fourth-order valence-electron chi connectivity index (χ4n) is 2.30. The van der Waals surface area contributed by atoms with Gasteiger partial charge in [-0.15, -0.1) is 0 Å². The van der Waals surface area contributed by atoms with E-state index in [1.807, 2.05) is 30.3 Å². The molecule has 25 heavy (non-hydrogen) atoms. The van der Waals surface area contributed by atoms with E-state index in [1.165, 1.54) is 0 Å². The molecule has 0 unspecified atom stereocenters. The summed E-state index contributed by atoms with van der Waals surface area (Å²) < 4.78 is 11.3. The fourth-order valence-corrected chi connectivity index (χ4v) is 2.63. The number of amidine groups is 1. The van der Waals surface area contributed by atoms with Crippen molar-refractivity contribution in [3.63, 3.8) is 0 Å². The standard InChI is InChI=1S/C17H16BrN5O2/c1-24-12-4-2-3-10(5-12)7-23-17(20)25-15(19)14-9-22-16-13(14)6-11(18)8-21-16/h2-6,8-9,19H,7H2,1H3,(H2,20,23)(H,21,22). The summed E-state index contributed by atoms with van der Waals surface area (Å²) in [5, 5.41) is 8.87. The molecular formula is C17H16BrN5O2. The van der Waals surface area contributed by atoms with Gasteiger partial charge in [-0.25, -0.2) is 9.98 Å². The maximum absolute atomic E-state index is 8.11. The topological polar surface area (TPSA) is 109 Å². The third kappa shape index (κ3) is 3.97. The Hall–Kier alpha value is -2.87. The van der Waals surface area contributed by atoms with Crippen molar-refractivity contribution in [1.29, 1.82) is 5.41 Å². The van der Waals surface area contributed by atoms with Crippen LogP contribution in [0.3, 0.4) is 0 Å². The number of fused-ring (bicyclic) bond motifs is 1. The number of benzene rings is 1. The Kier molecular flexibility index (Phi) is 4.99. The van der Waals surface area contributed by atoms with Gasteiger partial charge in [-0.05, 0) is 39.7 Å². The van der Waals surface area contributed by atoms with Gasteiger partial charge in [-0.1, -0.05) is 12.1 Å². The summed E-state index contributed by atoms with van der Waals surface area (Å²) in [5.41, 5.74) is 7.95.